The summed E-state index contributed by atoms with van der Waals surface area (Å²) in [4.78, 5) is 31.9. The first-order valence-corrected chi connectivity index (χ1v) is 10.0. The van der Waals surface area contributed by atoms with E-state index < -0.39 is 12.1 Å². The van der Waals surface area contributed by atoms with Crippen LogP contribution in [-0.2, 0) is 28.9 Å². The molecule has 1 heterocycles. The number of rotatable bonds is 5. The highest BCUT2D eigenvalue weighted by atomic mass is 19.1. The Kier molecular flexibility index (Phi) is 5.48. The molecule has 0 unspecified atom stereocenters. The van der Waals surface area contributed by atoms with Gasteiger partial charge in [0.05, 0.1) is 11.1 Å². The second-order valence-corrected chi connectivity index (χ2v) is 7.65. The number of aromatic nitrogens is 1. The van der Waals surface area contributed by atoms with E-state index in [0.29, 0.717) is 11.1 Å². The summed E-state index contributed by atoms with van der Waals surface area (Å²) in [7, 11) is 1.61. The molecule has 3 aromatic rings. The molecule has 2 aromatic carbocycles. The number of fused-ring (bicyclic) bond motifs is 2. The lowest BCUT2D eigenvalue weighted by molar-refractivity contribution is -0.139. The van der Waals surface area contributed by atoms with Gasteiger partial charge in [-0.1, -0.05) is 30.3 Å². The number of likely N-dealkylation sites (N-methyl/N-ethyl adjacent to an activating group) is 1. The minimum absolute atomic E-state index is 0.228. The molecule has 5 nitrogen and oxygen atoms in total. The number of hydrogen-bond donors (Lipinski definition) is 0. The summed E-state index contributed by atoms with van der Waals surface area (Å²) in [5, 5.41) is 0.746. The molecule has 0 spiro atoms. The van der Waals surface area contributed by atoms with Crippen LogP contribution in [0.25, 0.3) is 10.9 Å². The quantitative estimate of drug-likeness (QED) is 0.600. The van der Waals surface area contributed by atoms with Crippen LogP contribution in [0, 0.1) is 5.82 Å². The fourth-order valence-electron chi connectivity index (χ4n) is 4.01. The average molecular weight is 406 g/mol. The minimum atomic E-state index is -0.958. The van der Waals surface area contributed by atoms with Crippen molar-refractivity contribution in [3.8, 4) is 0 Å². The van der Waals surface area contributed by atoms with Crippen molar-refractivity contribution in [2.24, 2.45) is 0 Å². The normalized spacial score (nSPS) is 13.7. The molecule has 6 heteroatoms. The van der Waals surface area contributed by atoms with Gasteiger partial charge in [-0.25, -0.2) is 9.18 Å². The van der Waals surface area contributed by atoms with Crippen LogP contribution in [-0.4, -0.2) is 34.9 Å². The summed E-state index contributed by atoms with van der Waals surface area (Å²) in [5.41, 5.74) is 3.80. The van der Waals surface area contributed by atoms with Crippen LogP contribution in [0.2, 0.25) is 0 Å². The Hall–Kier alpha value is -3.28. The first kappa shape index (κ1) is 20.0. The number of benzene rings is 2. The van der Waals surface area contributed by atoms with Crippen LogP contribution in [0.3, 0.4) is 0 Å². The van der Waals surface area contributed by atoms with E-state index in [4.69, 9.17) is 4.74 Å². The standard InChI is InChI=1S/C24H23FN2O3/c1-15(23(28)27(2)14-16-7-5-8-17(25)13-16)30-24(29)22-18-9-3-4-11-20(18)26-21-12-6-10-19(21)22/h3-5,7-9,11,13,15H,6,10,12,14H2,1-2H3/t15-/m0/s1. The maximum Gasteiger partial charge on any atom is 0.339 e. The SMILES string of the molecule is C[C@H](OC(=O)c1c2c(nc3ccccc13)CCC2)C(=O)N(C)Cc1cccc(F)c1. The van der Waals surface area contributed by atoms with E-state index >= 15 is 0 Å². The van der Waals surface area contributed by atoms with E-state index in [0.717, 1.165) is 41.4 Å². The van der Waals surface area contributed by atoms with E-state index in [1.165, 1.54) is 17.0 Å². The lowest BCUT2D eigenvalue weighted by Crippen LogP contribution is -2.37. The number of halogens is 1. The van der Waals surface area contributed by atoms with Gasteiger partial charge in [-0.05, 0) is 55.5 Å². The predicted octanol–water partition coefficient (Wildman–Crippen LogP) is 4.07. The summed E-state index contributed by atoms with van der Waals surface area (Å²) in [6, 6.07) is 13.6. The highest BCUT2D eigenvalue weighted by molar-refractivity contribution is 6.05. The van der Waals surface area contributed by atoms with E-state index in [2.05, 4.69) is 4.98 Å². The number of aryl methyl sites for hydroxylation is 1. The first-order valence-electron chi connectivity index (χ1n) is 10.0. The molecular weight excluding hydrogens is 383 g/mol. The number of nitrogens with zero attached hydrogens (tertiary/aromatic N) is 2. The Morgan fingerprint density at radius 2 is 1.97 bits per heavy atom. The molecule has 0 N–H and O–H groups in total. The topological polar surface area (TPSA) is 59.5 Å². The summed E-state index contributed by atoms with van der Waals surface area (Å²) in [5.74, 6) is -1.21. The fourth-order valence-corrected chi connectivity index (χ4v) is 4.01. The Balaban J connectivity index is 1.53. The Morgan fingerprint density at radius 3 is 2.77 bits per heavy atom. The van der Waals surface area contributed by atoms with Crippen molar-refractivity contribution in [2.45, 2.75) is 38.8 Å². The van der Waals surface area contributed by atoms with Crippen LogP contribution in [0.15, 0.2) is 48.5 Å². The van der Waals surface area contributed by atoms with Crippen LogP contribution in [0.4, 0.5) is 4.39 Å². The lowest BCUT2D eigenvalue weighted by atomic mass is 10.0. The molecule has 154 valence electrons. The molecule has 0 bridgehead atoms. The molecule has 0 fully saturated rings. The smallest absolute Gasteiger partial charge is 0.339 e. The molecule has 4 rings (SSSR count). The van der Waals surface area contributed by atoms with Crippen molar-refractivity contribution in [1.82, 2.24) is 9.88 Å². The van der Waals surface area contributed by atoms with Gasteiger partial charge in [0.2, 0.25) is 0 Å². The van der Waals surface area contributed by atoms with Gasteiger partial charge < -0.3 is 9.64 Å². The molecule has 1 aromatic heterocycles. The van der Waals surface area contributed by atoms with E-state index in [1.807, 2.05) is 24.3 Å². The molecule has 30 heavy (non-hydrogen) atoms. The van der Waals surface area contributed by atoms with Gasteiger partial charge in [0, 0.05) is 24.7 Å². The Morgan fingerprint density at radius 1 is 1.17 bits per heavy atom. The molecule has 1 aliphatic rings. The monoisotopic (exact) mass is 406 g/mol. The molecule has 0 radical (unpaired) electrons. The van der Waals surface area contributed by atoms with Crippen LogP contribution < -0.4 is 0 Å². The molecule has 0 aliphatic heterocycles. The van der Waals surface area contributed by atoms with Crippen LogP contribution >= 0.6 is 0 Å². The number of hydrogen-bond acceptors (Lipinski definition) is 4. The van der Waals surface area contributed by atoms with Gasteiger partial charge in [0.25, 0.3) is 5.91 Å². The number of ether oxygens (including phenoxy) is 1. The molecule has 1 atom stereocenters. The largest absolute Gasteiger partial charge is 0.449 e. The Labute approximate surface area is 174 Å². The minimum Gasteiger partial charge on any atom is -0.449 e. The molecule has 1 aliphatic carbocycles. The third kappa shape index (κ3) is 3.90. The number of amides is 1. The first-order chi connectivity index (χ1) is 14.4. The van der Waals surface area contributed by atoms with Crippen LogP contribution in [0.5, 0.6) is 0 Å². The third-order valence-corrected chi connectivity index (χ3v) is 5.44. The summed E-state index contributed by atoms with van der Waals surface area (Å²) >= 11 is 0. The fraction of sp³-hybridized carbons (Fsp3) is 0.292. The van der Waals surface area contributed by atoms with E-state index in [-0.39, 0.29) is 18.3 Å². The lowest BCUT2D eigenvalue weighted by Gasteiger charge is -2.22. The summed E-state index contributed by atoms with van der Waals surface area (Å²) in [6.45, 7) is 1.79. The molecule has 1 amide bonds. The zero-order valence-corrected chi connectivity index (χ0v) is 17.0. The van der Waals surface area contributed by atoms with Crippen molar-refractivity contribution in [3.05, 3.63) is 76.7 Å². The molecule has 0 saturated carbocycles. The maximum atomic E-state index is 13.4. The highest BCUT2D eigenvalue weighted by Crippen LogP contribution is 2.30. The van der Waals surface area contributed by atoms with Crippen LogP contribution in [0.1, 0.15) is 40.5 Å². The zero-order valence-electron chi connectivity index (χ0n) is 17.0. The van der Waals surface area contributed by atoms with Crippen molar-refractivity contribution in [1.29, 1.82) is 0 Å². The molecule has 0 saturated heterocycles. The number of para-hydroxylation sites is 1. The molecular formula is C24H23FN2O3. The average Bonchev–Trinajstić information content (AvgIpc) is 3.19. The van der Waals surface area contributed by atoms with Crippen molar-refractivity contribution >= 4 is 22.8 Å². The van der Waals surface area contributed by atoms with Gasteiger partial charge in [-0.3, -0.25) is 9.78 Å². The number of esters is 1. The van der Waals surface area contributed by atoms with Gasteiger partial charge in [-0.2, -0.15) is 0 Å². The highest BCUT2D eigenvalue weighted by Gasteiger charge is 2.28. The van der Waals surface area contributed by atoms with Gasteiger partial charge in [-0.15, -0.1) is 0 Å². The number of carbonyl (C=O) groups excluding carboxylic acids is 2. The summed E-state index contributed by atoms with van der Waals surface area (Å²) < 4.78 is 19.0. The number of carbonyl (C=O) groups is 2. The predicted molar refractivity (Wildman–Crippen MR) is 112 cm³/mol. The van der Waals surface area contributed by atoms with E-state index in [9.17, 15) is 14.0 Å². The zero-order chi connectivity index (χ0) is 21.3. The van der Waals surface area contributed by atoms with E-state index in [1.54, 1.807) is 26.1 Å². The van der Waals surface area contributed by atoms with Gasteiger partial charge >= 0.3 is 5.97 Å². The second kappa shape index (κ2) is 8.22. The Bertz CT molecular complexity index is 1130. The van der Waals surface area contributed by atoms with Crippen molar-refractivity contribution in [2.75, 3.05) is 7.05 Å². The number of pyridine rings is 1. The van der Waals surface area contributed by atoms with Gasteiger partial charge in [0.15, 0.2) is 6.10 Å². The van der Waals surface area contributed by atoms with Crippen molar-refractivity contribution < 1.29 is 18.7 Å². The summed E-state index contributed by atoms with van der Waals surface area (Å²) in [6.07, 6.45) is 1.61. The maximum absolute atomic E-state index is 13.4. The third-order valence-electron chi connectivity index (χ3n) is 5.44. The van der Waals surface area contributed by atoms with Gasteiger partial charge in [0.1, 0.15) is 5.82 Å². The van der Waals surface area contributed by atoms with Crippen molar-refractivity contribution in [3.63, 3.8) is 0 Å². The second-order valence-electron chi connectivity index (χ2n) is 7.65.